The molecule has 0 saturated heterocycles. The first kappa shape index (κ1) is 17.2. The van der Waals surface area contributed by atoms with Crippen molar-refractivity contribution in [3.8, 4) is 11.4 Å². The molecule has 0 unspecified atom stereocenters. The van der Waals surface area contributed by atoms with Crippen LogP contribution >= 0.6 is 23.4 Å². The van der Waals surface area contributed by atoms with Crippen LogP contribution in [0.4, 0.5) is 5.69 Å². The molecule has 0 aliphatic heterocycles. The topological polar surface area (TPSA) is 98.7 Å². The lowest BCUT2D eigenvalue weighted by atomic mass is 10.2. The van der Waals surface area contributed by atoms with E-state index in [1.165, 1.54) is 16.4 Å². The van der Waals surface area contributed by atoms with Gasteiger partial charge in [0.05, 0.1) is 5.75 Å². The Labute approximate surface area is 153 Å². The highest BCUT2D eigenvalue weighted by atomic mass is 35.5. The lowest BCUT2D eigenvalue weighted by molar-refractivity contribution is -0.113. The Balaban J connectivity index is 1.63. The fourth-order valence-corrected chi connectivity index (χ4v) is 2.90. The number of aryl methyl sites for hydroxylation is 1. The van der Waals surface area contributed by atoms with Crippen LogP contribution in [0.3, 0.4) is 0 Å². The maximum Gasteiger partial charge on any atom is 0.234 e. The molecule has 25 heavy (non-hydrogen) atoms. The van der Waals surface area contributed by atoms with E-state index >= 15 is 0 Å². The lowest BCUT2D eigenvalue weighted by Crippen LogP contribution is -2.16. The Morgan fingerprint density at radius 2 is 2.20 bits per heavy atom. The maximum atomic E-state index is 12.1. The van der Waals surface area contributed by atoms with Gasteiger partial charge >= 0.3 is 0 Å². The predicted octanol–water partition coefficient (Wildman–Crippen LogP) is 2.75. The van der Waals surface area contributed by atoms with E-state index in [4.69, 9.17) is 17.4 Å². The summed E-state index contributed by atoms with van der Waals surface area (Å²) in [5.74, 6) is 6.45. The Morgan fingerprint density at radius 1 is 1.36 bits per heavy atom. The summed E-state index contributed by atoms with van der Waals surface area (Å²) in [5, 5.41) is 11.9. The average molecular weight is 375 g/mol. The quantitative estimate of drug-likeness (QED) is 0.526. The highest BCUT2D eigenvalue weighted by Crippen LogP contribution is 2.22. The van der Waals surface area contributed by atoms with Crippen molar-refractivity contribution in [3.05, 3.63) is 53.3 Å². The van der Waals surface area contributed by atoms with Crippen molar-refractivity contribution < 1.29 is 4.79 Å². The fraction of sp³-hybridized carbons (Fsp3) is 0.125. The van der Waals surface area contributed by atoms with Crippen LogP contribution in [-0.4, -0.2) is 31.5 Å². The number of rotatable bonds is 5. The van der Waals surface area contributed by atoms with Gasteiger partial charge in [-0.15, -0.1) is 10.2 Å². The van der Waals surface area contributed by atoms with E-state index in [9.17, 15) is 4.79 Å². The van der Waals surface area contributed by atoms with E-state index in [0.717, 1.165) is 11.1 Å². The Kier molecular flexibility index (Phi) is 5.20. The molecule has 0 bridgehead atoms. The number of amides is 1. The van der Waals surface area contributed by atoms with Crippen molar-refractivity contribution >= 4 is 35.0 Å². The van der Waals surface area contributed by atoms with Crippen LogP contribution in [0.5, 0.6) is 0 Å². The molecule has 0 atom stereocenters. The zero-order valence-corrected chi connectivity index (χ0v) is 14.9. The molecule has 0 saturated carbocycles. The average Bonchev–Trinajstić information content (AvgIpc) is 2.98. The van der Waals surface area contributed by atoms with Gasteiger partial charge in [-0.05, 0) is 36.8 Å². The highest BCUT2D eigenvalue weighted by Gasteiger charge is 2.14. The number of hydrogen-bond acceptors (Lipinski definition) is 6. The minimum Gasteiger partial charge on any atom is -0.335 e. The molecule has 7 nitrogen and oxygen atoms in total. The first-order valence-corrected chi connectivity index (χ1v) is 8.70. The van der Waals surface area contributed by atoms with E-state index in [1.807, 2.05) is 19.1 Å². The number of nitrogens with one attached hydrogen (secondary N) is 1. The summed E-state index contributed by atoms with van der Waals surface area (Å²) in [5.41, 5.74) is 2.35. The number of carbonyl (C=O) groups is 1. The third-order valence-corrected chi connectivity index (χ3v) is 4.72. The molecule has 2 heterocycles. The molecule has 3 rings (SSSR count). The zero-order chi connectivity index (χ0) is 17.8. The molecule has 9 heteroatoms. The van der Waals surface area contributed by atoms with Gasteiger partial charge in [-0.1, -0.05) is 29.4 Å². The van der Waals surface area contributed by atoms with E-state index in [0.29, 0.717) is 21.7 Å². The van der Waals surface area contributed by atoms with Gasteiger partial charge in [0.1, 0.15) is 0 Å². The number of nitrogens with zero attached hydrogens (tertiary/aromatic N) is 4. The first-order valence-electron chi connectivity index (χ1n) is 7.34. The van der Waals surface area contributed by atoms with Gasteiger partial charge in [0.15, 0.2) is 5.82 Å². The molecule has 0 spiro atoms. The van der Waals surface area contributed by atoms with Crippen LogP contribution in [0.25, 0.3) is 11.4 Å². The van der Waals surface area contributed by atoms with Gasteiger partial charge in [0.2, 0.25) is 11.1 Å². The molecule has 0 fully saturated rings. The third-order valence-electron chi connectivity index (χ3n) is 3.37. The molecular weight excluding hydrogens is 360 g/mol. The number of thioether (sulfide) groups is 1. The van der Waals surface area contributed by atoms with Crippen LogP contribution in [0.1, 0.15) is 5.56 Å². The maximum absolute atomic E-state index is 12.1. The van der Waals surface area contributed by atoms with Crippen molar-refractivity contribution in [2.24, 2.45) is 0 Å². The van der Waals surface area contributed by atoms with E-state index in [-0.39, 0.29) is 11.7 Å². The third kappa shape index (κ3) is 4.09. The minimum absolute atomic E-state index is 0.147. The Hall–Kier alpha value is -2.58. The van der Waals surface area contributed by atoms with Gasteiger partial charge in [-0.25, -0.2) is 4.68 Å². The van der Waals surface area contributed by atoms with Crippen molar-refractivity contribution in [2.45, 2.75) is 12.1 Å². The number of benzene rings is 1. The molecule has 128 valence electrons. The SMILES string of the molecule is Cc1ccc(NC(=O)CSc2nnc(-c3cccnc3)n2N)cc1Cl. The number of carbonyl (C=O) groups excluding carboxylic acids is 1. The molecule has 1 aromatic carbocycles. The van der Waals surface area contributed by atoms with Gasteiger partial charge in [-0.3, -0.25) is 9.78 Å². The molecular formula is C16H15ClN6OS. The lowest BCUT2D eigenvalue weighted by Gasteiger charge is -2.07. The largest absolute Gasteiger partial charge is 0.335 e. The highest BCUT2D eigenvalue weighted by molar-refractivity contribution is 7.99. The Bertz CT molecular complexity index is 899. The number of nitrogen functional groups attached to an aromatic ring is 1. The summed E-state index contributed by atoms with van der Waals surface area (Å²) in [7, 11) is 0. The fourth-order valence-electron chi connectivity index (χ4n) is 2.07. The molecule has 1 amide bonds. The van der Waals surface area contributed by atoms with Crippen molar-refractivity contribution in [3.63, 3.8) is 0 Å². The molecule has 2 aromatic heterocycles. The van der Waals surface area contributed by atoms with Crippen LogP contribution in [0.15, 0.2) is 47.9 Å². The van der Waals surface area contributed by atoms with Crippen molar-refractivity contribution in [2.75, 3.05) is 16.9 Å². The van der Waals surface area contributed by atoms with Crippen molar-refractivity contribution in [1.82, 2.24) is 19.9 Å². The second-order valence-corrected chi connectivity index (χ2v) is 6.57. The summed E-state index contributed by atoms with van der Waals surface area (Å²) >= 11 is 7.25. The summed E-state index contributed by atoms with van der Waals surface area (Å²) < 4.78 is 1.34. The summed E-state index contributed by atoms with van der Waals surface area (Å²) in [6, 6.07) is 8.99. The van der Waals surface area contributed by atoms with E-state index in [2.05, 4.69) is 20.5 Å². The van der Waals surface area contributed by atoms with Crippen LogP contribution in [-0.2, 0) is 4.79 Å². The number of pyridine rings is 1. The zero-order valence-electron chi connectivity index (χ0n) is 13.3. The second kappa shape index (κ2) is 7.54. The van der Waals surface area contributed by atoms with E-state index < -0.39 is 0 Å². The number of hydrogen-bond donors (Lipinski definition) is 2. The smallest absolute Gasteiger partial charge is 0.234 e. The van der Waals surface area contributed by atoms with Crippen molar-refractivity contribution in [1.29, 1.82) is 0 Å². The standard InChI is InChI=1S/C16H15ClN6OS/c1-10-4-5-12(7-13(10)17)20-14(24)9-25-16-22-21-15(23(16)18)11-3-2-6-19-8-11/h2-8H,9,18H2,1H3,(H,20,24). The summed E-state index contributed by atoms with van der Waals surface area (Å²) in [6.07, 6.45) is 3.31. The molecule has 3 aromatic rings. The van der Waals surface area contributed by atoms with Gasteiger partial charge < -0.3 is 11.2 Å². The Morgan fingerprint density at radius 3 is 2.92 bits per heavy atom. The summed E-state index contributed by atoms with van der Waals surface area (Å²) in [4.78, 5) is 16.1. The molecule has 0 aliphatic carbocycles. The van der Waals surface area contributed by atoms with Gasteiger partial charge in [-0.2, -0.15) is 0 Å². The number of aromatic nitrogens is 4. The predicted molar refractivity (Wildman–Crippen MR) is 98.9 cm³/mol. The van der Waals surface area contributed by atoms with Crippen LogP contribution < -0.4 is 11.2 Å². The number of nitrogens with two attached hydrogens (primary N) is 1. The number of halogens is 1. The normalized spacial score (nSPS) is 10.6. The molecule has 3 N–H and O–H groups in total. The monoisotopic (exact) mass is 374 g/mol. The first-order chi connectivity index (χ1) is 12.0. The molecule has 0 radical (unpaired) electrons. The minimum atomic E-state index is -0.184. The number of anilines is 1. The second-order valence-electron chi connectivity index (χ2n) is 5.22. The van der Waals surface area contributed by atoms with E-state index in [1.54, 1.807) is 30.6 Å². The van der Waals surface area contributed by atoms with Crippen LogP contribution in [0, 0.1) is 6.92 Å². The van der Waals surface area contributed by atoms with Gasteiger partial charge in [0.25, 0.3) is 0 Å². The summed E-state index contributed by atoms with van der Waals surface area (Å²) in [6.45, 7) is 1.90. The molecule has 0 aliphatic rings. The van der Waals surface area contributed by atoms with Gasteiger partial charge in [0, 0.05) is 28.7 Å². The van der Waals surface area contributed by atoms with Crippen LogP contribution in [0.2, 0.25) is 5.02 Å².